The molecular weight excluding hydrogens is 312 g/mol. The molecular formula is C18H34O6. The number of rotatable bonds is 7. The van der Waals surface area contributed by atoms with Gasteiger partial charge in [0.25, 0.3) is 0 Å². The van der Waals surface area contributed by atoms with Gasteiger partial charge < -0.3 is 25.2 Å². The van der Waals surface area contributed by atoms with Crippen molar-refractivity contribution >= 4 is 5.97 Å². The van der Waals surface area contributed by atoms with Gasteiger partial charge in [0.1, 0.15) is 12.2 Å². The Labute approximate surface area is 144 Å². The third-order valence-electron chi connectivity index (χ3n) is 5.36. The highest BCUT2D eigenvalue weighted by atomic mass is 16.6. The molecule has 0 amide bonds. The minimum atomic E-state index is -2.23. The van der Waals surface area contributed by atoms with E-state index in [0.29, 0.717) is 31.1 Å². The van der Waals surface area contributed by atoms with Crippen molar-refractivity contribution in [3.8, 4) is 0 Å². The first-order valence-corrected chi connectivity index (χ1v) is 8.95. The maximum atomic E-state index is 12.4. The molecule has 0 bridgehead atoms. The molecule has 0 aromatic carbocycles. The Morgan fingerprint density at radius 2 is 1.96 bits per heavy atom. The van der Waals surface area contributed by atoms with E-state index in [-0.39, 0.29) is 6.42 Å². The van der Waals surface area contributed by atoms with E-state index in [0.717, 1.165) is 13.3 Å². The quantitative estimate of drug-likeness (QED) is 0.519. The molecule has 6 unspecified atom stereocenters. The predicted octanol–water partition coefficient (Wildman–Crippen LogP) is 1.38. The largest absolute Gasteiger partial charge is 0.457 e. The molecule has 4 N–H and O–H groups in total. The first kappa shape index (κ1) is 21.4. The van der Waals surface area contributed by atoms with E-state index in [1.807, 2.05) is 6.92 Å². The summed E-state index contributed by atoms with van der Waals surface area (Å²) in [6.07, 6.45) is -0.845. The van der Waals surface area contributed by atoms with Crippen molar-refractivity contribution in [1.82, 2.24) is 0 Å². The highest BCUT2D eigenvalue weighted by molar-refractivity contribution is 5.80. The highest BCUT2D eigenvalue weighted by Crippen LogP contribution is 2.38. The SMILES string of the molecule is CCCC(O)C(O)C(C)(O)C(=O)OC1CC(C(C)C)CCC1(C)O. The zero-order valence-electron chi connectivity index (χ0n) is 15.5. The molecule has 1 fully saturated rings. The Bertz CT molecular complexity index is 418. The molecule has 1 rings (SSSR count). The number of carbonyl (C=O) groups excluding carboxylic acids is 1. The summed E-state index contributed by atoms with van der Waals surface area (Å²) >= 11 is 0. The summed E-state index contributed by atoms with van der Waals surface area (Å²) in [5.41, 5.74) is -3.39. The maximum absolute atomic E-state index is 12.4. The van der Waals surface area contributed by atoms with Crippen LogP contribution in [0.15, 0.2) is 0 Å². The fourth-order valence-corrected chi connectivity index (χ4v) is 3.26. The van der Waals surface area contributed by atoms with Gasteiger partial charge in [-0.25, -0.2) is 4.79 Å². The van der Waals surface area contributed by atoms with Crippen molar-refractivity contribution in [1.29, 1.82) is 0 Å². The van der Waals surface area contributed by atoms with Crippen molar-refractivity contribution in [3.63, 3.8) is 0 Å². The molecule has 0 aliphatic heterocycles. The van der Waals surface area contributed by atoms with Gasteiger partial charge in [0, 0.05) is 0 Å². The number of aliphatic hydroxyl groups excluding tert-OH is 2. The van der Waals surface area contributed by atoms with Crippen molar-refractivity contribution in [2.24, 2.45) is 11.8 Å². The van der Waals surface area contributed by atoms with Crippen molar-refractivity contribution in [2.75, 3.05) is 0 Å². The van der Waals surface area contributed by atoms with Crippen LogP contribution in [0.4, 0.5) is 0 Å². The maximum Gasteiger partial charge on any atom is 0.341 e. The van der Waals surface area contributed by atoms with Crippen LogP contribution in [0.2, 0.25) is 0 Å². The van der Waals surface area contributed by atoms with Crippen LogP contribution < -0.4 is 0 Å². The zero-order valence-corrected chi connectivity index (χ0v) is 15.5. The Kier molecular flexibility index (Phi) is 7.23. The summed E-state index contributed by atoms with van der Waals surface area (Å²) in [5.74, 6) is -0.289. The van der Waals surface area contributed by atoms with Gasteiger partial charge in [-0.3, -0.25) is 0 Å². The topological polar surface area (TPSA) is 107 Å². The van der Waals surface area contributed by atoms with Gasteiger partial charge in [-0.2, -0.15) is 0 Å². The monoisotopic (exact) mass is 346 g/mol. The molecule has 6 heteroatoms. The smallest absolute Gasteiger partial charge is 0.341 e. The average molecular weight is 346 g/mol. The van der Waals surface area contributed by atoms with Crippen molar-refractivity contribution < 1.29 is 30.0 Å². The fraction of sp³-hybridized carbons (Fsp3) is 0.944. The molecule has 6 atom stereocenters. The molecule has 0 spiro atoms. The molecule has 6 nitrogen and oxygen atoms in total. The normalized spacial score (nSPS) is 32.9. The minimum absolute atomic E-state index is 0.265. The van der Waals surface area contributed by atoms with E-state index < -0.39 is 35.5 Å². The van der Waals surface area contributed by atoms with Crippen LogP contribution in [-0.4, -0.2) is 55.9 Å². The molecule has 0 aromatic rings. The molecule has 0 heterocycles. The number of carbonyl (C=O) groups is 1. The second-order valence-electron chi connectivity index (χ2n) is 7.98. The van der Waals surface area contributed by atoms with Gasteiger partial charge in [0.2, 0.25) is 0 Å². The molecule has 1 saturated carbocycles. The summed E-state index contributed by atoms with van der Waals surface area (Å²) in [4.78, 5) is 12.4. The highest BCUT2D eigenvalue weighted by Gasteiger charge is 2.48. The van der Waals surface area contributed by atoms with Crippen LogP contribution in [-0.2, 0) is 9.53 Å². The molecule has 24 heavy (non-hydrogen) atoms. The molecule has 142 valence electrons. The van der Waals surface area contributed by atoms with Crippen LogP contribution in [0.5, 0.6) is 0 Å². The first-order valence-electron chi connectivity index (χ1n) is 8.95. The second kappa shape index (κ2) is 8.13. The fourth-order valence-electron chi connectivity index (χ4n) is 3.26. The van der Waals surface area contributed by atoms with Crippen LogP contribution in [0.1, 0.15) is 66.7 Å². The third kappa shape index (κ3) is 4.91. The van der Waals surface area contributed by atoms with E-state index >= 15 is 0 Å². The van der Waals surface area contributed by atoms with Gasteiger partial charge in [-0.05, 0) is 51.4 Å². The van der Waals surface area contributed by atoms with Gasteiger partial charge in [0.05, 0.1) is 11.7 Å². The summed E-state index contributed by atoms with van der Waals surface area (Å²) in [7, 11) is 0. The average Bonchev–Trinajstić information content (AvgIpc) is 2.48. The lowest BCUT2D eigenvalue weighted by Gasteiger charge is -2.42. The van der Waals surface area contributed by atoms with E-state index in [1.165, 1.54) is 0 Å². The van der Waals surface area contributed by atoms with Gasteiger partial charge in [0.15, 0.2) is 5.60 Å². The predicted molar refractivity (Wildman–Crippen MR) is 90.2 cm³/mol. The van der Waals surface area contributed by atoms with Gasteiger partial charge in [-0.15, -0.1) is 0 Å². The second-order valence-corrected chi connectivity index (χ2v) is 7.98. The number of aliphatic hydroxyl groups is 4. The van der Waals surface area contributed by atoms with Crippen LogP contribution in [0.25, 0.3) is 0 Å². The van der Waals surface area contributed by atoms with Crippen molar-refractivity contribution in [2.45, 2.75) is 96.2 Å². The number of hydrogen-bond donors (Lipinski definition) is 4. The standard InChI is InChI=1S/C18H34O6/c1-6-7-13(19)15(20)18(5,23)16(21)24-14-10-12(11(2)3)8-9-17(14,4)22/h11-15,19-20,22-23H,6-10H2,1-5H3. The minimum Gasteiger partial charge on any atom is -0.457 e. The van der Waals surface area contributed by atoms with Crippen LogP contribution in [0, 0.1) is 11.8 Å². The summed E-state index contributed by atoms with van der Waals surface area (Å²) in [6.45, 7) is 8.76. The van der Waals surface area contributed by atoms with E-state index in [4.69, 9.17) is 4.74 Å². The molecule has 0 aromatic heterocycles. The lowest BCUT2D eigenvalue weighted by molar-refractivity contribution is -0.205. The Balaban J connectivity index is 2.82. The molecule has 0 radical (unpaired) electrons. The van der Waals surface area contributed by atoms with Crippen LogP contribution in [0.3, 0.4) is 0 Å². The van der Waals surface area contributed by atoms with Crippen molar-refractivity contribution in [3.05, 3.63) is 0 Å². The third-order valence-corrected chi connectivity index (χ3v) is 5.36. The van der Waals surface area contributed by atoms with E-state index in [1.54, 1.807) is 6.92 Å². The Morgan fingerprint density at radius 3 is 2.46 bits per heavy atom. The van der Waals surface area contributed by atoms with E-state index in [2.05, 4.69) is 13.8 Å². The summed E-state index contributed by atoms with van der Waals surface area (Å²) in [5, 5.41) is 40.8. The molecule has 1 aliphatic carbocycles. The lowest BCUT2D eigenvalue weighted by atomic mass is 9.73. The van der Waals surface area contributed by atoms with Gasteiger partial charge in [-0.1, -0.05) is 27.2 Å². The Morgan fingerprint density at radius 1 is 1.38 bits per heavy atom. The lowest BCUT2D eigenvalue weighted by Crippen LogP contribution is -2.56. The van der Waals surface area contributed by atoms with Gasteiger partial charge >= 0.3 is 5.97 Å². The molecule has 0 saturated heterocycles. The first-order chi connectivity index (χ1) is 10.9. The molecule has 1 aliphatic rings. The zero-order chi connectivity index (χ0) is 18.7. The summed E-state index contributed by atoms with van der Waals surface area (Å²) in [6, 6.07) is 0. The van der Waals surface area contributed by atoms with Crippen LogP contribution >= 0.6 is 0 Å². The number of hydrogen-bond acceptors (Lipinski definition) is 6. The van der Waals surface area contributed by atoms with E-state index in [9.17, 15) is 25.2 Å². The Hall–Kier alpha value is -0.690. The summed E-state index contributed by atoms with van der Waals surface area (Å²) < 4.78 is 5.39. The number of esters is 1. The number of ether oxygens (including phenoxy) is 1.